The molecule has 0 amide bonds. The molecule has 1 fully saturated rings. The lowest BCUT2D eigenvalue weighted by atomic mass is 10.1. The molecule has 3 nitrogen and oxygen atoms in total. The second-order valence-corrected chi connectivity index (χ2v) is 9.26. The Bertz CT molecular complexity index is 1200. The lowest BCUT2D eigenvalue weighted by molar-refractivity contribution is 0.177. The number of halogens is 3. The maximum absolute atomic E-state index is 14.9. The molecule has 1 saturated carbocycles. The minimum Gasteiger partial charge on any atom is -0.464 e. The van der Waals surface area contributed by atoms with Gasteiger partial charge in [-0.25, -0.2) is 4.39 Å². The molecule has 1 aromatic heterocycles. The van der Waals surface area contributed by atoms with Gasteiger partial charge in [-0.1, -0.05) is 41.5 Å². The maximum atomic E-state index is 14.9. The predicted octanol–water partition coefficient (Wildman–Crippen LogP) is 7.33. The average Bonchev–Trinajstić information content (AvgIpc) is 3.45. The van der Waals surface area contributed by atoms with Crippen molar-refractivity contribution in [3.05, 3.63) is 63.7 Å². The summed E-state index contributed by atoms with van der Waals surface area (Å²) in [5, 5.41) is 2.88. The number of benzene rings is 2. The van der Waals surface area contributed by atoms with E-state index in [0.717, 1.165) is 33.7 Å². The Morgan fingerprint density at radius 2 is 2.00 bits per heavy atom. The Morgan fingerprint density at radius 3 is 2.72 bits per heavy atom. The summed E-state index contributed by atoms with van der Waals surface area (Å²) in [6.07, 6.45) is 1.78. The molecule has 0 spiro atoms. The van der Waals surface area contributed by atoms with Crippen LogP contribution in [0.4, 0.5) is 4.39 Å². The fourth-order valence-corrected chi connectivity index (χ4v) is 5.15. The molecule has 148 valence electrons. The summed E-state index contributed by atoms with van der Waals surface area (Å²) in [7, 11) is 1.80. The van der Waals surface area contributed by atoms with Crippen molar-refractivity contribution < 1.29 is 9.13 Å². The fourth-order valence-electron chi connectivity index (χ4n) is 3.75. The molecular weight excluding hydrogens is 430 g/mol. The van der Waals surface area contributed by atoms with E-state index < -0.39 is 12.0 Å². The van der Waals surface area contributed by atoms with Crippen LogP contribution in [0.2, 0.25) is 10.0 Å². The van der Waals surface area contributed by atoms with Gasteiger partial charge in [0.15, 0.2) is 0 Å². The molecule has 1 atom stereocenters. The normalized spacial score (nSPS) is 18.3. The first-order valence-corrected chi connectivity index (χ1v) is 10.8. The Kier molecular flexibility index (Phi) is 4.65. The summed E-state index contributed by atoms with van der Waals surface area (Å²) in [4.78, 5) is 5.22. The zero-order chi connectivity index (χ0) is 20.3. The van der Waals surface area contributed by atoms with Gasteiger partial charge in [-0.05, 0) is 49.2 Å². The molecule has 2 aliphatic rings. The van der Waals surface area contributed by atoms with Gasteiger partial charge in [0.25, 0.3) is 0 Å². The zero-order valence-electron chi connectivity index (χ0n) is 15.6. The van der Waals surface area contributed by atoms with E-state index >= 15 is 0 Å². The summed E-state index contributed by atoms with van der Waals surface area (Å²) in [5.41, 5.74) is 2.01. The van der Waals surface area contributed by atoms with E-state index in [-0.39, 0.29) is 0 Å². The number of fused-ring (bicyclic) bond motifs is 5. The number of thioether (sulfide) groups is 1. The third-order valence-electron chi connectivity index (χ3n) is 5.21. The summed E-state index contributed by atoms with van der Waals surface area (Å²) in [5.74, 6) is 0.488. The van der Waals surface area contributed by atoms with Gasteiger partial charge in [0, 0.05) is 33.3 Å². The standard InChI is InChI=1S/C22H17Cl2FN2OS/c1-11(29-21(26-2)12-3-4-12)22-27-17-6-5-14(23)7-13(17)8-18(27)20-16(25)9-15(24)10-19(20)28-22/h5-10,12,22H,1,3-4H2,2H3/t22-/m0/s1. The van der Waals surface area contributed by atoms with Crippen molar-refractivity contribution in [3.63, 3.8) is 0 Å². The quantitative estimate of drug-likeness (QED) is 0.310. The number of nitrogens with zero attached hydrogens (tertiary/aromatic N) is 2. The van der Waals surface area contributed by atoms with Gasteiger partial charge in [0.2, 0.25) is 6.23 Å². The number of hydrogen-bond donors (Lipinski definition) is 0. The SMILES string of the molecule is C=C(SC(=NC)C1CC1)[C@@H]1Oc2cc(Cl)cc(F)c2-c2cc3cc(Cl)ccc3n21. The first-order chi connectivity index (χ1) is 14.0. The highest BCUT2D eigenvalue weighted by molar-refractivity contribution is 8.17. The molecule has 0 N–H and O–H groups in total. The van der Waals surface area contributed by atoms with Crippen molar-refractivity contribution in [1.29, 1.82) is 0 Å². The lowest BCUT2D eigenvalue weighted by Gasteiger charge is -2.31. The molecule has 7 heteroatoms. The number of aromatic nitrogens is 1. The van der Waals surface area contributed by atoms with E-state index in [1.807, 2.05) is 28.8 Å². The minimum atomic E-state index is -0.519. The maximum Gasteiger partial charge on any atom is 0.208 e. The molecule has 3 aromatic rings. The molecular formula is C22H17Cl2FN2OS. The number of hydrogen-bond acceptors (Lipinski definition) is 3. The molecule has 2 aromatic carbocycles. The van der Waals surface area contributed by atoms with Crippen LogP contribution < -0.4 is 4.74 Å². The highest BCUT2D eigenvalue weighted by atomic mass is 35.5. The van der Waals surface area contributed by atoms with E-state index in [1.54, 1.807) is 24.9 Å². The first kappa shape index (κ1) is 19.0. The molecule has 1 aliphatic heterocycles. The van der Waals surface area contributed by atoms with Gasteiger partial charge in [-0.2, -0.15) is 0 Å². The highest BCUT2D eigenvalue weighted by Gasteiger charge is 2.35. The van der Waals surface area contributed by atoms with Crippen LogP contribution in [0.25, 0.3) is 22.2 Å². The van der Waals surface area contributed by atoms with Crippen LogP contribution >= 0.6 is 35.0 Å². The fraction of sp³-hybridized carbons (Fsp3) is 0.227. The minimum absolute atomic E-state index is 0.291. The second kappa shape index (κ2) is 7.08. The summed E-state index contributed by atoms with van der Waals surface area (Å²) >= 11 is 13.8. The average molecular weight is 447 g/mol. The van der Waals surface area contributed by atoms with Crippen LogP contribution in [0.3, 0.4) is 0 Å². The van der Waals surface area contributed by atoms with Gasteiger partial charge >= 0.3 is 0 Å². The van der Waals surface area contributed by atoms with Crippen molar-refractivity contribution in [2.75, 3.05) is 7.05 Å². The Morgan fingerprint density at radius 1 is 1.21 bits per heavy atom. The van der Waals surface area contributed by atoms with E-state index in [4.69, 9.17) is 27.9 Å². The molecule has 2 heterocycles. The van der Waals surface area contributed by atoms with Crippen LogP contribution in [0.1, 0.15) is 19.1 Å². The van der Waals surface area contributed by atoms with Crippen molar-refractivity contribution in [3.8, 4) is 17.0 Å². The van der Waals surface area contributed by atoms with Crippen molar-refractivity contribution >= 4 is 50.9 Å². The molecule has 0 unspecified atom stereocenters. The van der Waals surface area contributed by atoms with Gasteiger partial charge in [0.1, 0.15) is 11.6 Å². The van der Waals surface area contributed by atoms with E-state index in [0.29, 0.717) is 33.0 Å². The van der Waals surface area contributed by atoms with Crippen molar-refractivity contribution in [2.45, 2.75) is 19.1 Å². The summed E-state index contributed by atoms with van der Waals surface area (Å²) < 4.78 is 23.1. The van der Waals surface area contributed by atoms with Gasteiger partial charge < -0.3 is 4.74 Å². The number of aliphatic imine (C=N–C) groups is 1. The van der Waals surface area contributed by atoms with Gasteiger partial charge in [-0.3, -0.25) is 9.56 Å². The predicted molar refractivity (Wildman–Crippen MR) is 120 cm³/mol. The molecule has 0 radical (unpaired) electrons. The lowest BCUT2D eigenvalue weighted by Crippen LogP contribution is -2.23. The summed E-state index contributed by atoms with van der Waals surface area (Å²) in [6.45, 7) is 4.28. The monoisotopic (exact) mass is 446 g/mol. The van der Waals surface area contributed by atoms with Crippen LogP contribution in [-0.2, 0) is 0 Å². The molecule has 5 rings (SSSR count). The largest absolute Gasteiger partial charge is 0.464 e. The van der Waals surface area contributed by atoms with Crippen LogP contribution in [0, 0.1) is 11.7 Å². The third-order valence-corrected chi connectivity index (χ3v) is 6.85. The zero-order valence-corrected chi connectivity index (χ0v) is 17.9. The van der Waals surface area contributed by atoms with Crippen LogP contribution in [-0.4, -0.2) is 16.7 Å². The van der Waals surface area contributed by atoms with Gasteiger partial charge in [-0.15, -0.1) is 0 Å². The number of ether oxygens (including phenoxy) is 1. The second-order valence-electron chi connectivity index (χ2n) is 7.24. The van der Waals surface area contributed by atoms with Gasteiger partial charge in [0.05, 0.1) is 21.8 Å². The molecule has 0 bridgehead atoms. The smallest absolute Gasteiger partial charge is 0.208 e. The topological polar surface area (TPSA) is 26.5 Å². The van der Waals surface area contributed by atoms with Crippen molar-refractivity contribution in [1.82, 2.24) is 4.57 Å². The number of rotatable bonds is 3. The Labute approximate surface area is 182 Å². The van der Waals surface area contributed by atoms with E-state index in [9.17, 15) is 4.39 Å². The molecule has 29 heavy (non-hydrogen) atoms. The van der Waals surface area contributed by atoms with Crippen LogP contribution in [0.15, 0.2) is 52.9 Å². The highest BCUT2D eigenvalue weighted by Crippen LogP contribution is 2.49. The van der Waals surface area contributed by atoms with E-state index in [2.05, 4.69) is 11.6 Å². The van der Waals surface area contributed by atoms with Crippen LogP contribution in [0.5, 0.6) is 5.75 Å². The van der Waals surface area contributed by atoms with E-state index in [1.165, 1.54) is 6.07 Å². The molecule has 0 saturated heterocycles. The Balaban J connectivity index is 1.68. The third kappa shape index (κ3) is 3.25. The molecule has 1 aliphatic carbocycles. The Hall–Kier alpha value is -1.95. The van der Waals surface area contributed by atoms with Crippen molar-refractivity contribution in [2.24, 2.45) is 10.9 Å². The summed E-state index contributed by atoms with van der Waals surface area (Å²) in [6, 6.07) is 10.5. The first-order valence-electron chi connectivity index (χ1n) is 9.26.